The average molecular weight is 202 g/mol. The van der Waals surface area contributed by atoms with Gasteiger partial charge in [-0.3, -0.25) is 0 Å². The molecule has 2 aliphatic rings. The second-order valence-electron chi connectivity index (χ2n) is 2.80. The Kier molecular flexibility index (Phi) is 4.23. The molecule has 6 nitrogen and oxygen atoms in total. The normalized spacial score (nSPS) is 22.3. The Morgan fingerprint density at radius 3 is 1.43 bits per heavy atom. The van der Waals surface area contributed by atoms with Gasteiger partial charge >= 0.3 is 14.6 Å². The van der Waals surface area contributed by atoms with E-state index in [0.29, 0.717) is 39.6 Å². The third kappa shape index (κ3) is 3.23. The van der Waals surface area contributed by atoms with Gasteiger partial charge in [0.1, 0.15) is 0 Å². The standard InChI is InChI=1S/C6H12B2O6/c1-2-10-7(9-1)13-5-6-14-8-11-3-4-12-8/h1-6H2. The SMILES string of the molecule is C1COB(OCCOB2OCCO2)O1. The molecule has 2 rings (SSSR count). The van der Waals surface area contributed by atoms with Crippen molar-refractivity contribution in [3.8, 4) is 0 Å². The van der Waals surface area contributed by atoms with E-state index in [2.05, 4.69) is 0 Å². The zero-order chi connectivity index (χ0) is 9.64. The third-order valence-corrected chi connectivity index (χ3v) is 1.77. The first-order valence-electron chi connectivity index (χ1n) is 4.65. The van der Waals surface area contributed by atoms with Gasteiger partial charge in [-0.05, 0) is 0 Å². The monoisotopic (exact) mass is 202 g/mol. The molecule has 0 amide bonds. The van der Waals surface area contributed by atoms with Crippen molar-refractivity contribution in [1.29, 1.82) is 0 Å². The number of rotatable bonds is 5. The Morgan fingerprint density at radius 1 is 0.714 bits per heavy atom. The van der Waals surface area contributed by atoms with Crippen molar-refractivity contribution in [2.45, 2.75) is 0 Å². The van der Waals surface area contributed by atoms with Gasteiger partial charge in [0, 0.05) is 0 Å². The quantitative estimate of drug-likeness (QED) is 0.424. The summed E-state index contributed by atoms with van der Waals surface area (Å²) in [5, 5.41) is 0. The highest BCUT2D eigenvalue weighted by atomic mass is 16.8. The van der Waals surface area contributed by atoms with Crippen molar-refractivity contribution in [3.05, 3.63) is 0 Å². The fourth-order valence-corrected chi connectivity index (χ4v) is 1.15. The summed E-state index contributed by atoms with van der Waals surface area (Å²) < 4.78 is 30.6. The molecule has 78 valence electrons. The Bertz CT molecular complexity index is 140. The molecule has 2 heterocycles. The summed E-state index contributed by atoms with van der Waals surface area (Å²) >= 11 is 0. The van der Waals surface area contributed by atoms with E-state index in [1.807, 2.05) is 0 Å². The van der Waals surface area contributed by atoms with E-state index in [-0.39, 0.29) is 0 Å². The zero-order valence-corrected chi connectivity index (χ0v) is 7.85. The van der Waals surface area contributed by atoms with Gasteiger partial charge in [-0.25, -0.2) is 0 Å². The predicted molar refractivity (Wildman–Crippen MR) is 47.2 cm³/mol. The van der Waals surface area contributed by atoms with Crippen molar-refractivity contribution in [2.75, 3.05) is 39.6 Å². The first-order chi connectivity index (χ1) is 6.95. The maximum absolute atomic E-state index is 5.18. The maximum atomic E-state index is 5.18. The minimum atomic E-state index is -0.538. The summed E-state index contributed by atoms with van der Waals surface area (Å²) in [5.41, 5.74) is 0. The van der Waals surface area contributed by atoms with Crippen LogP contribution in [-0.4, -0.2) is 54.3 Å². The van der Waals surface area contributed by atoms with Gasteiger partial charge in [0.15, 0.2) is 0 Å². The summed E-state index contributed by atoms with van der Waals surface area (Å²) in [7, 11) is -1.08. The Labute approximate surface area is 83.1 Å². The highest BCUT2D eigenvalue weighted by Gasteiger charge is 2.28. The summed E-state index contributed by atoms with van der Waals surface area (Å²) in [6.45, 7) is 3.13. The molecule has 0 radical (unpaired) electrons. The highest BCUT2D eigenvalue weighted by molar-refractivity contribution is 6.37. The van der Waals surface area contributed by atoms with Crippen LogP contribution in [0.1, 0.15) is 0 Å². The Balaban J connectivity index is 1.46. The molecule has 0 unspecified atom stereocenters. The van der Waals surface area contributed by atoms with Crippen LogP contribution in [0.5, 0.6) is 0 Å². The number of hydrogen-bond donors (Lipinski definition) is 0. The fourth-order valence-electron chi connectivity index (χ4n) is 1.15. The molecule has 0 spiro atoms. The second-order valence-corrected chi connectivity index (χ2v) is 2.80. The minimum absolute atomic E-state index is 0.397. The summed E-state index contributed by atoms with van der Waals surface area (Å²) in [5.74, 6) is 0. The van der Waals surface area contributed by atoms with Crippen molar-refractivity contribution in [2.24, 2.45) is 0 Å². The second kappa shape index (κ2) is 5.69. The topological polar surface area (TPSA) is 55.4 Å². The molecule has 14 heavy (non-hydrogen) atoms. The van der Waals surface area contributed by atoms with Crippen molar-refractivity contribution in [1.82, 2.24) is 0 Å². The van der Waals surface area contributed by atoms with Crippen LogP contribution in [-0.2, 0) is 27.9 Å². The van der Waals surface area contributed by atoms with E-state index in [1.165, 1.54) is 0 Å². The van der Waals surface area contributed by atoms with Crippen LogP contribution in [0.2, 0.25) is 0 Å². The lowest BCUT2D eigenvalue weighted by Gasteiger charge is -2.07. The van der Waals surface area contributed by atoms with Gasteiger partial charge in [0.25, 0.3) is 0 Å². The van der Waals surface area contributed by atoms with Gasteiger partial charge in [0.2, 0.25) is 0 Å². The van der Waals surface area contributed by atoms with Crippen LogP contribution < -0.4 is 0 Å². The van der Waals surface area contributed by atoms with Gasteiger partial charge in [-0.1, -0.05) is 0 Å². The van der Waals surface area contributed by atoms with E-state index in [1.54, 1.807) is 0 Å². The molecule has 0 bridgehead atoms. The van der Waals surface area contributed by atoms with Gasteiger partial charge < -0.3 is 27.9 Å². The molecule has 2 saturated heterocycles. The highest BCUT2D eigenvalue weighted by Crippen LogP contribution is 2.02. The van der Waals surface area contributed by atoms with Crippen LogP contribution in [0.15, 0.2) is 0 Å². The van der Waals surface area contributed by atoms with Gasteiger partial charge in [0.05, 0.1) is 39.6 Å². The number of hydrogen-bond acceptors (Lipinski definition) is 6. The van der Waals surface area contributed by atoms with Crippen LogP contribution in [0.4, 0.5) is 0 Å². The molecular formula is C6H12B2O6. The molecule has 0 atom stereocenters. The summed E-state index contributed by atoms with van der Waals surface area (Å²) in [4.78, 5) is 0. The van der Waals surface area contributed by atoms with E-state index in [4.69, 9.17) is 27.9 Å². The Hall–Kier alpha value is -0.110. The molecule has 2 aliphatic heterocycles. The van der Waals surface area contributed by atoms with E-state index in [0.717, 1.165) is 0 Å². The van der Waals surface area contributed by atoms with Crippen LogP contribution in [0, 0.1) is 0 Å². The lowest BCUT2D eigenvalue weighted by Crippen LogP contribution is -2.26. The lowest BCUT2D eigenvalue weighted by atomic mass is 10.2. The van der Waals surface area contributed by atoms with Crippen LogP contribution >= 0.6 is 0 Å². The van der Waals surface area contributed by atoms with E-state index < -0.39 is 14.6 Å². The van der Waals surface area contributed by atoms with Crippen molar-refractivity contribution >= 4 is 14.6 Å². The molecule has 8 heteroatoms. The smallest absolute Gasteiger partial charge is 0.384 e. The molecule has 0 aliphatic carbocycles. The first kappa shape index (κ1) is 10.4. The average Bonchev–Trinajstić information content (AvgIpc) is 2.86. The van der Waals surface area contributed by atoms with Crippen molar-refractivity contribution in [3.63, 3.8) is 0 Å². The maximum Gasteiger partial charge on any atom is 0.639 e. The fraction of sp³-hybridized carbons (Fsp3) is 1.00. The van der Waals surface area contributed by atoms with E-state index in [9.17, 15) is 0 Å². The summed E-state index contributed by atoms with van der Waals surface area (Å²) in [6, 6.07) is 0. The molecule has 0 aromatic heterocycles. The van der Waals surface area contributed by atoms with Gasteiger partial charge in [-0.2, -0.15) is 0 Å². The van der Waals surface area contributed by atoms with Crippen LogP contribution in [0.3, 0.4) is 0 Å². The largest absolute Gasteiger partial charge is 0.639 e. The molecule has 2 fully saturated rings. The van der Waals surface area contributed by atoms with Crippen molar-refractivity contribution < 1.29 is 27.9 Å². The van der Waals surface area contributed by atoms with E-state index >= 15 is 0 Å². The van der Waals surface area contributed by atoms with Crippen LogP contribution in [0.25, 0.3) is 0 Å². The molecule has 0 aromatic rings. The molecule has 0 saturated carbocycles. The Morgan fingerprint density at radius 2 is 1.07 bits per heavy atom. The van der Waals surface area contributed by atoms with Gasteiger partial charge in [-0.15, -0.1) is 0 Å². The third-order valence-electron chi connectivity index (χ3n) is 1.77. The summed E-state index contributed by atoms with van der Waals surface area (Å²) in [6.07, 6.45) is 0. The lowest BCUT2D eigenvalue weighted by molar-refractivity contribution is 0.114. The molecule has 0 aromatic carbocycles. The first-order valence-corrected chi connectivity index (χ1v) is 4.65. The molecular weight excluding hydrogens is 190 g/mol. The minimum Gasteiger partial charge on any atom is -0.384 e. The zero-order valence-electron chi connectivity index (χ0n) is 7.85. The predicted octanol–water partition coefficient (Wildman–Crippen LogP) is -0.917. The molecule has 0 N–H and O–H groups in total.